The zero-order chi connectivity index (χ0) is 19.5. The summed E-state index contributed by atoms with van der Waals surface area (Å²) in [5.41, 5.74) is 2.11. The Morgan fingerprint density at radius 3 is 2.68 bits per heavy atom. The monoisotopic (exact) mass is 398 g/mol. The molecule has 2 aromatic carbocycles. The lowest BCUT2D eigenvalue weighted by atomic mass is 10.1. The molecular formula is C20H22N4O3S. The Morgan fingerprint density at radius 2 is 2.00 bits per heavy atom. The molecule has 1 atom stereocenters. The van der Waals surface area contributed by atoms with Crippen LogP contribution in [0.5, 0.6) is 5.75 Å². The zero-order valence-electron chi connectivity index (χ0n) is 15.6. The number of hydrogen-bond acceptors (Lipinski definition) is 7. The second kappa shape index (κ2) is 8.12. The van der Waals surface area contributed by atoms with Gasteiger partial charge in [-0.1, -0.05) is 23.5 Å². The highest BCUT2D eigenvalue weighted by Gasteiger charge is 2.24. The van der Waals surface area contributed by atoms with Crippen molar-refractivity contribution < 1.29 is 9.66 Å². The third-order valence-electron chi connectivity index (χ3n) is 5.11. The van der Waals surface area contributed by atoms with Crippen LogP contribution in [0.2, 0.25) is 0 Å². The van der Waals surface area contributed by atoms with E-state index >= 15 is 0 Å². The van der Waals surface area contributed by atoms with E-state index in [1.807, 2.05) is 12.1 Å². The number of methoxy groups -OCH3 is 1. The summed E-state index contributed by atoms with van der Waals surface area (Å²) in [4.78, 5) is 17.7. The van der Waals surface area contributed by atoms with Crippen molar-refractivity contribution in [2.24, 2.45) is 0 Å². The second-order valence-electron chi connectivity index (χ2n) is 6.84. The third-order valence-corrected chi connectivity index (χ3v) is 6.09. The van der Waals surface area contributed by atoms with Gasteiger partial charge in [-0.25, -0.2) is 4.98 Å². The fourth-order valence-corrected chi connectivity index (χ4v) is 4.53. The molecule has 1 aliphatic rings. The van der Waals surface area contributed by atoms with Crippen LogP contribution in [0.25, 0.3) is 10.2 Å². The molecule has 1 fully saturated rings. The molecule has 1 aliphatic heterocycles. The van der Waals surface area contributed by atoms with Crippen molar-refractivity contribution in [3.63, 3.8) is 0 Å². The standard InChI is InChI=1S/C20H22N4O3S/c1-27-16-7-4-14(5-8-16)18(23-10-2-3-11-23)13-21-20-22-17-9-6-15(24(25)26)12-19(17)28-20/h4-9,12,18H,2-3,10-11,13H2,1H3,(H,21,22). The van der Waals surface area contributed by atoms with E-state index in [2.05, 4.69) is 27.3 Å². The molecule has 146 valence electrons. The highest BCUT2D eigenvalue weighted by atomic mass is 32.1. The number of ether oxygens (including phenoxy) is 1. The van der Waals surface area contributed by atoms with Crippen molar-refractivity contribution in [3.05, 3.63) is 58.1 Å². The van der Waals surface area contributed by atoms with E-state index in [0.29, 0.717) is 0 Å². The van der Waals surface area contributed by atoms with E-state index in [9.17, 15) is 10.1 Å². The maximum Gasteiger partial charge on any atom is 0.270 e. The molecule has 1 saturated heterocycles. The number of hydrogen-bond donors (Lipinski definition) is 1. The van der Waals surface area contributed by atoms with Crippen molar-refractivity contribution in [1.29, 1.82) is 0 Å². The van der Waals surface area contributed by atoms with Crippen LogP contribution in [-0.4, -0.2) is 41.6 Å². The molecule has 3 aromatic rings. The molecule has 0 bridgehead atoms. The van der Waals surface area contributed by atoms with Crippen LogP contribution in [-0.2, 0) is 0 Å². The lowest BCUT2D eigenvalue weighted by Crippen LogP contribution is -2.31. The number of thiazole rings is 1. The Morgan fingerprint density at radius 1 is 1.25 bits per heavy atom. The molecule has 2 heterocycles. The second-order valence-corrected chi connectivity index (χ2v) is 7.87. The van der Waals surface area contributed by atoms with Gasteiger partial charge in [0.05, 0.1) is 28.3 Å². The van der Waals surface area contributed by atoms with E-state index in [1.54, 1.807) is 19.2 Å². The number of benzene rings is 2. The molecule has 0 spiro atoms. The Hall–Kier alpha value is -2.71. The number of nitrogens with zero attached hydrogens (tertiary/aromatic N) is 3. The normalized spacial score (nSPS) is 15.6. The summed E-state index contributed by atoms with van der Waals surface area (Å²) in [6.07, 6.45) is 2.44. The number of nitrogens with one attached hydrogen (secondary N) is 1. The minimum Gasteiger partial charge on any atom is -0.497 e. The van der Waals surface area contributed by atoms with Crippen LogP contribution in [0.3, 0.4) is 0 Å². The molecule has 8 heteroatoms. The van der Waals surface area contributed by atoms with Gasteiger partial charge in [-0.2, -0.15) is 0 Å². The molecule has 28 heavy (non-hydrogen) atoms. The first kappa shape index (κ1) is 18.6. The molecule has 1 unspecified atom stereocenters. The van der Waals surface area contributed by atoms with E-state index in [4.69, 9.17) is 4.74 Å². The largest absolute Gasteiger partial charge is 0.497 e. The number of rotatable bonds is 7. The van der Waals surface area contributed by atoms with Crippen molar-refractivity contribution in [2.45, 2.75) is 18.9 Å². The van der Waals surface area contributed by atoms with Crippen LogP contribution in [0.1, 0.15) is 24.4 Å². The van der Waals surface area contributed by atoms with Crippen molar-refractivity contribution in [1.82, 2.24) is 9.88 Å². The van der Waals surface area contributed by atoms with Crippen LogP contribution < -0.4 is 10.1 Å². The lowest BCUT2D eigenvalue weighted by Gasteiger charge is -2.28. The molecule has 4 rings (SSSR count). The molecule has 1 N–H and O–H groups in total. The average molecular weight is 398 g/mol. The lowest BCUT2D eigenvalue weighted by molar-refractivity contribution is -0.384. The van der Waals surface area contributed by atoms with Gasteiger partial charge in [-0.05, 0) is 49.7 Å². The van der Waals surface area contributed by atoms with Gasteiger partial charge >= 0.3 is 0 Å². The van der Waals surface area contributed by atoms with Gasteiger partial charge in [-0.15, -0.1) is 0 Å². The Labute approximate surface area is 167 Å². The number of non-ortho nitro benzene ring substituents is 1. The fraction of sp³-hybridized carbons (Fsp3) is 0.350. The highest BCUT2D eigenvalue weighted by molar-refractivity contribution is 7.22. The van der Waals surface area contributed by atoms with E-state index in [-0.39, 0.29) is 16.7 Å². The SMILES string of the molecule is COc1ccc(C(CNc2nc3ccc([N+](=O)[O-])cc3s2)N2CCCC2)cc1. The van der Waals surface area contributed by atoms with Crippen molar-refractivity contribution >= 4 is 32.4 Å². The van der Waals surface area contributed by atoms with Gasteiger partial charge in [0.2, 0.25) is 0 Å². The van der Waals surface area contributed by atoms with Gasteiger partial charge in [0.25, 0.3) is 5.69 Å². The Bertz CT molecular complexity index is 967. The number of fused-ring (bicyclic) bond motifs is 1. The number of nitro benzene ring substituents is 1. The first-order valence-corrected chi connectivity index (χ1v) is 10.1. The predicted octanol–water partition coefficient (Wildman–Crippen LogP) is 4.46. The van der Waals surface area contributed by atoms with Gasteiger partial charge in [-0.3, -0.25) is 15.0 Å². The first-order valence-electron chi connectivity index (χ1n) is 9.31. The Kier molecular flexibility index (Phi) is 5.40. The number of nitro groups is 1. The van der Waals surface area contributed by atoms with E-state index in [1.165, 1.54) is 35.8 Å². The summed E-state index contributed by atoms with van der Waals surface area (Å²) in [6.45, 7) is 2.91. The maximum atomic E-state index is 11.0. The molecular weight excluding hydrogens is 376 g/mol. The zero-order valence-corrected chi connectivity index (χ0v) is 16.4. The van der Waals surface area contributed by atoms with Gasteiger partial charge in [0.1, 0.15) is 5.75 Å². The summed E-state index contributed by atoms with van der Waals surface area (Å²) in [7, 11) is 1.67. The molecule has 7 nitrogen and oxygen atoms in total. The summed E-state index contributed by atoms with van der Waals surface area (Å²) < 4.78 is 6.10. The Balaban J connectivity index is 1.53. The van der Waals surface area contributed by atoms with Crippen LogP contribution in [0, 0.1) is 10.1 Å². The van der Waals surface area contributed by atoms with Crippen LogP contribution in [0.15, 0.2) is 42.5 Å². The third kappa shape index (κ3) is 3.93. The number of likely N-dealkylation sites (tertiary alicyclic amines) is 1. The summed E-state index contributed by atoms with van der Waals surface area (Å²) in [5.74, 6) is 0.852. The molecule has 0 radical (unpaired) electrons. The minimum absolute atomic E-state index is 0.0934. The van der Waals surface area contributed by atoms with Gasteiger partial charge in [0.15, 0.2) is 5.13 Å². The molecule has 0 amide bonds. The molecule has 1 aromatic heterocycles. The minimum atomic E-state index is -0.376. The highest BCUT2D eigenvalue weighted by Crippen LogP contribution is 2.31. The van der Waals surface area contributed by atoms with Crippen LogP contribution in [0.4, 0.5) is 10.8 Å². The van der Waals surface area contributed by atoms with E-state index in [0.717, 1.165) is 40.7 Å². The van der Waals surface area contributed by atoms with E-state index < -0.39 is 0 Å². The molecule has 0 saturated carbocycles. The van der Waals surface area contributed by atoms with Crippen LogP contribution >= 0.6 is 11.3 Å². The quantitative estimate of drug-likeness (QED) is 0.467. The summed E-state index contributed by atoms with van der Waals surface area (Å²) in [6, 6.07) is 13.3. The topological polar surface area (TPSA) is 80.5 Å². The maximum absolute atomic E-state index is 11.0. The number of aromatic nitrogens is 1. The summed E-state index contributed by atoms with van der Waals surface area (Å²) >= 11 is 1.45. The van der Waals surface area contributed by atoms with Crippen molar-refractivity contribution in [3.8, 4) is 5.75 Å². The summed E-state index contributed by atoms with van der Waals surface area (Å²) in [5, 5.41) is 15.2. The smallest absolute Gasteiger partial charge is 0.270 e. The predicted molar refractivity (Wildman–Crippen MR) is 111 cm³/mol. The number of anilines is 1. The molecule has 0 aliphatic carbocycles. The fourth-order valence-electron chi connectivity index (χ4n) is 3.62. The first-order chi connectivity index (χ1) is 13.6. The van der Waals surface area contributed by atoms with Crippen molar-refractivity contribution in [2.75, 3.05) is 32.1 Å². The van der Waals surface area contributed by atoms with Gasteiger partial charge < -0.3 is 10.1 Å². The average Bonchev–Trinajstić information content (AvgIpc) is 3.37. The van der Waals surface area contributed by atoms with Gasteiger partial charge in [0, 0.05) is 18.7 Å².